The first-order chi connectivity index (χ1) is 4.74. The van der Waals surface area contributed by atoms with Crippen LogP contribution in [0.1, 0.15) is 6.92 Å². The summed E-state index contributed by atoms with van der Waals surface area (Å²) in [5, 5.41) is 0. The normalized spacial score (nSPS) is 13.0. The predicted molar refractivity (Wildman–Crippen MR) is 43.2 cm³/mol. The zero-order valence-corrected chi connectivity index (χ0v) is 6.42. The average Bonchev–Trinajstić information content (AvgIpc) is 1.99. The second kappa shape index (κ2) is 4.68. The number of rotatable bonds is 3. The lowest BCUT2D eigenvalue weighted by atomic mass is 10.3. The number of nitrogens with two attached hydrogens (primary N) is 1. The van der Waals surface area contributed by atoms with E-state index in [1.165, 1.54) is 0 Å². The van der Waals surface area contributed by atoms with Crippen molar-refractivity contribution in [3.63, 3.8) is 0 Å². The summed E-state index contributed by atoms with van der Waals surface area (Å²) in [5.41, 5.74) is 6.16. The van der Waals surface area contributed by atoms with Crippen molar-refractivity contribution in [2.75, 3.05) is 7.11 Å². The molecule has 0 amide bonds. The molecule has 0 heterocycles. The minimum absolute atomic E-state index is 0.676. The van der Waals surface area contributed by atoms with Crippen molar-refractivity contribution < 1.29 is 4.74 Å². The molecule has 0 radical (unpaired) electrons. The summed E-state index contributed by atoms with van der Waals surface area (Å²) >= 11 is 0. The standard InChI is InChI=1S/C8H13NO/c1-4-7(9)6-8(5-2)10-3/h4-6H,2,9H2,1,3H3/b7-4+,8-6+. The van der Waals surface area contributed by atoms with Gasteiger partial charge in [0.2, 0.25) is 0 Å². The van der Waals surface area contributed by atoms with E-state index in [1.807, 2.05) is 6.92 Å². The molecule has 10 heavy (non-hydrogen) atoms. The Bertz CT molecular complexity index is 168. The molecule has 0 atom stereocenters. The highest BCUT2D eigenvalue weighted by atomic mass is 16.5. The number of hydrogen-bond acceptors (Lipinski definition) is 2. The zero-order valence-electron chi connectivity index (χ0n) is 6.42. The van der Waals surface area contributed by atoms with Crippen molar-refractivity contribution in [3.8, 4) is 0 Å². The maximum Gasteiger partial charge on any atom is 0.120 e. The topological polar surface area (TPSA) is 35.2 Å². The molecular weight excluding hydrogens is 126 g/mol. The number of ether oxygens (including phenoxy) is 1. The molecule has 0 saturated heterocycles. The fraction of sp³-hybridized carbons (Fsp3) is 0.250. The summed E-state index contributed by atoms with van der Waals surface area (Å²) in [6.07, 6.45) is 5.12. The molecule has 0 unspecified atom stereocenters. The van der Waals surface area contributed by atoms with Gasteiger partial charge in [-0.15, -0.1) is 0 Å². The van der Waals surface area contributed by atoms with Crippen LogP contribution in [0.4, 0.5) is 0 Å². The molecule has 0 aliphatic carbocycles. The van der Waals surface area contributed by atoms with Crippen molar-refractivity contribution in [2.45, 2.75) is 6.92 Å². The first kappa shape index (κ1) is 8.82. The molecule has 0 saturated carbocycles. The van der Waals surface area contributed by atoms with Gasteiger partial charge in [-0.05, 0) is 13.0 Å². The van der Waals surface area contributed by atoms with Crippen LogP contribution < -0.4 is 5.73 Å². The van der Waals surface area contributed by atoms with Crippen molar-refractivity contribution in [1.29, 1.82) is 0 Å². The monoisotopic (exact) mass is 139 g/mol. The largest absolute Gasteiger partial charge is 0.497 e. The molecule has 0 aromatic carbocycles. The number of methoxy groups -OCH3 is 1. The first-order valence-electron chi connectivity index (χ1n) is 3.04. The molecule has 2 heteroatoms. The molecule has 0 aromatic rings. The Morgan fingerprint density at radius 2 is 2.20 bits per heavy atom. The van der Waals surface area contributed by atoms with Gasteiger partial charge in [-0.25, -0.2) is 0 Å². The van der Waals surface area contributed by atoms with Gasteiger partial charge in [0.25, 0.3) is 0 Å². The van der Waals surface area contributed by atoms with Gasteiger partial charge in [0, 0.05) is 11.8 Å². The van der Waals surface area contributed by atoms with Crippen molar-refractivity contribution in [2.24, 2.45) is 5.73 Å². The van der Waals surface area contributed by atoms with Crippen LogP contribution in [0.15, 0.2) is 36.3 Å². The number of hydrogen-bond donors (Lipinski definition) is 1. The van der Waals surface area contributed by atoms with Crippen LogP contribution in [0.2, 0.25) is 0 Å². The summed E-state index contributed by atoms with van der Waals surface area (Å²) in [6.45, 7) is 5.41. The molecule has 0 aromatic heterocycles. The SMILES string of the molecule is C=C/C(=C\C(N)=C/C)OC. The van der Waals surface area contributed by atoms with E-state index in [1.54, 1.807) is 25.3 Å². The van der Waals surface area contributed by atoms with E-state index in [0.29, 0.717) is 11.5 Å². The lowest BCUT2D eigenvalue weighted by Gasteiger charge is -1.98. The second-order valence-electron chi connectivity index (χ2n) is 1.74. The maximum atomic E-state index is 5.48. The van der Waals surface area contributed by atoms with Gasteiger partial charge in [0.05, 0.1) is 7.11 Å². The summed E-state index contributed by atoms with van der Waals surface area (Å²) in [5.74, 6) is 0.676. The van der Waals surface area contributed by atoms with E-state index >= 15 is 0 Å². The Labute approximate surface area is 61.7 Å². The minimum Gasteiger partial charge on any atom is -0.497 e. The van der Waals surface area contributed by atoms with E-state index in [4.69, 9.17) is 10.5 Å². The first-order valence-corrected chi connectivity index (χ1v) is 3.04. The van der Waals surface area contributed by atoms with E-state index in [0.717, 1.165) is 0 Å². The lowest BCUT2D eigenvalue weighted by molar-refractivity contribution is 0.307. The van der Waals surface area contributed by atoms with Crippen LogP contribution in [0, 0.1) is 0 Å². The molecule has 0 fully saturated rings. The van der Waals surface area contributed by atoms with Gasteiger partial charge in [0.1, 0.15) is 5.76 Å². The van der Waals surface area contributed by atoms with Gasteiger partial charge in [-0.3, -0.25) is 0 Å². The van der Waals surface area contributed by atoms with E-state index in [2.05, 4.69) is 6.58 Å². The fourth-order valence-electron chi connectivity index (χ4n) is 0.449. The third-order valence-electron chi connectivity index (χ3n) is 1.08. The van der Waals surface area contributed by atoms with Gasteiger partial charge < -0.3 is 10.5 Å². The highest BCUT2D eigenvalue weighted by Crippen LogP contribution is 1.98. The Hall–Kier alpha value is -1.18. The molecule has 0 aliphatic heterocycles. The highest BCUT2D eigenvalue weighted by molar-refractivity contribution is 5.22. The Balaban J connectivity index is 4.24. The maximum absolute atomic E-state index is 5.48. The molecule has 2 nitrogen and oxygen atoms in total. The zero-order chi connectivity index (χ0) is 7.98. The quantitative estimate of drug-likeness (QED) is 0.475. The molecule has 0 rings (SSSR count). The summed E-state index contributed by atoms with van der Waals surface area (Å²) in [6, 6.07) is 0. The summed E-state index contributed by atoms with van der Waals surface area (Å²) < 4.78 is 4.89. The van der Waals surface area contributed by atoms with Crippen LogP contribution in [0.5, 0.6) is 0 Å². The van der Waals surface area contributed by atoms with Crippen LogP contribution in [0.25, 0.3) is 0 Å². The smallest absolute Gasteiger partial charge is 0.120 e. The van der Waals surface area contributed by atoms with Gasteiger partial charge in [-0.2, -0.15) is 0 Å². The van der Waals surface area contributed by atoms with Crippen LogP contribution in [0.3, 0.4) is 0 Å². The van der Waals surface area contributed by atoms with Crippen molar-refractivity contribution >= 4 is 0 Å². The molecule has 56 valence electrons. The third-order valence-corrected chi connectivity index (χ3v) is 1.08. The van der Waals surface area contributed by atoms with Gasteiger partial charge in [-0.1, -0.05) is 12.7 Å². The molecule has 0 spiro atoms. The minimum atomic E-state index is 0.676. The fourth-order valence-corrected chi connectivity index (χ4v) is 0.449. The van der Waals surface area contributed by atoms with E-state index < -0.39 is 0 Å². The predicted octanol–water partition coefficient (Wildman–Crippen LogP) is 1.57. The van der Waals surface area contributed by atoms with E-state index in [9.17, 15) is 0 Å². The summed E-state index contributed by atoms with van der Waals surface area (Å²) in [4.78, 5) is 0. The molecule has 2 N–H and O–H groups in total. The van der Waals surface area contributed by atoms with Crippen molar-refractivity contribution in [1.82, 2.24) is 0 Å². The Morgan fingerprint density at radius 3 is 2.50 bits per heavy atom. The lowest BCUT2D eigenvalue weighted by Crippen LogP contribution is -1.94. The second-order valence-corrected chi connectivity index (χ2v) is 1.74. The Morgan fingerprint density at radius 1 is 1.60 bits per heavy atom. The molecular formula is C8H13NO. The summed E-state index contributed by atoms with van der Waals surface area (Å²) in [7, 11) is 1.58. The molecule has 0 bridgehead atoms. The van der Waals surface area contributed by atoms with E-state index in [-0.39, 0.29) is 0 Å². The number of allylic oxidation sites excluding steroid dienone is 3. The Kier molecular flexibility index (Phi) is 4.12. The van der Waals surface area contributed by atoms with Gasteiger partial charge in [0.15, 0.2) is 0 Å². The average molecular weight is 139 g/mol. The van der Waals surface area contributed by atoms with Crippen LogP contribution in [-0.4, -0.2) is 7.11 Å². The van der Waals surface area contributed by atoms with Crippen LogP contribution >= 0.6 is 0 Å². The van der Waals surface area contributed by atoms with Gasteiger partial charge >= 0.3 is 0 Å². The highest BCUT2D eigenvalue weighted by Gasteiger charge is 1.86. The molecule has 0 aliphatic rings. The van der Waals surface area contributed by atoms with Crippen molar-refractivity contribution in [3.05, 3.63) is 36.3 Å². The third kappa shape index (κ3) is 2.97. The van der Waals surface area contributed by atoms with Crippen LogP contribution in [-0.2, 0) is 4.74 Å².